The predicted molar refractivity (Wildman–Crippen MR) is 82.4 cm³/mol. The van der Waals surface area contributed by atoms with Gasteiger partial charge in [-0.2, -0.15) is 11.8 Å². The smallest absolute Gasteiger partial charge is 0.119 e. The minimum atomic E-state index is 0.556. The summed E-state index contributed by atoms with van der Waals surface area (Å²) in [5.74, 6) is 2.93. The van der Waals surface area contributed by atoms with Gasteiger partial charge in [-0.25, -0.2) is 0 Å². The number of benzene rings is 2. The van der Waals surface area contributed by atoms with E-state index in [1.54, 1.807) is 0 Å². The maximum atomic E-state index is 5.71. The first kappa shape index (κ1) is 14.0. The minimum Gasteiger partial charge on any atom is -0.493 e. The molecule has 0 unspecified atom stereocenters. The fraction of sp³-hybridized carbons (Fsp3) is 0.250. The molecule has 2 nitrogen and oxygen atoms in total. The summed E-state index contributed by atoms with van der Waals surface area (Å²) in [5.41, 5.74) is 8.06. The summed E-state index contributed by atoms with van der Waals surface area (Å²) in [6, 6.07) is 18.5. The van der Waals surface area contributed by atoms with Crippen molar-refractivity contribution < 1.29 is 4.74 Å². The van der Waals surface area contributed by atoms with E-state index in [0.29, 0.717) is 6.54 Å². The monoisotopic (exact) mass is 273 g/mol. The van der Waals surface area contributed by atoms with Gasteiger partial charge >= 0.3 is 0 Å². The molecule has 2 N–H and O–H groups in total. The molecular formula is C16H19NOS. The van der Waals surface area contributed by atoms with Crippen LogP contribution in [-0.2, 0) is 12.3 Å². The third-order valence-corrected chi connectivity index (χ3v) is 3.73. The average molecular weight is 273 g/mol. The quantitative estimate of drug-likeness (QED) is 0.785. The number of thioether (sulfide) groups is 1. The maximum absolute atomic E-state index is 5.71. The molecule has 2 rings (SSSR count). The van der Waals surface area contributed by atoms with Crippen LogP contribution in [0.1, 0.15) is 11.1 Å². The van der Waals surface area contributed by atoms with E-state index < -0.39 is 0 Å². The summed E-state index contributed by atoms with van der Waals surface area (Å²) in [5, 5.41) is 0. The Morgan fingerprint density at radius 1 is 0.947 bits per heavy atom. The van der Waals surface area contributed by atoms with E-state index in [9.17, 15) is 0 Å². The van der Waals surface area contributed by atoms with Crippen LogP contribution in [0.3, 0.4) is 0 Å². The van der Waals surface area contributed by atoms with Crippen LogP contribution in [-0.4, -0.2) is 12.4 Å². The molecule has 0 bridgehead atoms. The molecule has 19 heavy (non-hydrogen) atoms. The van der Waals surface area contributed by atoms with Gasteiger partial charge < -0.3 is 10.5 Å². The van der Waals surface area contributed by atoms with Gasteiger partial charge in [0.15, 0.2) is 0 Å². The highest BCUT2D eigenvalue weighted by molar-refractivity contribution is 7.98. The van der Waals surface area contributed by atoms with Gasteiger partial charge in [-0.05, 0) is 23.3 Å². The van der Waals surface area contributed by atoms with E-state index in [0.717, 1.165) is 29.4 Å². The molecule has 0 spiro atoms. The zero-order valence-electron chi connectivity index (χ0n) is 10.9. The van der Waals surface area contributed by atoms with Crippen LogP contribution in [0.25, 0.3) is 0 Å². The van der Waals surface area contributed by atoms with Gasteiger partial charge in [0.1, 0.15) is 5.75 Å². The SMILES string of the molecule is NCc1cccc(OCCSCc2ccccc2)c1. The standard InChI is InChI=1S/C16H19NOS/c17-12-15-7-4-8-16(11-15)18-9-10-19-13-14-5-2-1-3-6-14/h1-8,11H,9-10,12-13,17H2. The summed E-state index contributed by atoms with van der Waals surface area (Å²) in [4.78, 5) is 0. The van der Waals surface area contributed by atoms with Crippen molar-refractivity contribution in [1.29, 1.82) is 0 Å². The van der Waals surface area contributed by atoms with Crippen molar-refractivity contribution in [3.8, 4) is 5.75 Å². The lowest BCUT2D eigenvalue weighted by molar-refractivity contribution is 0.343. The molecule has 0 aliphatic heterocycles. The topological polar surface area (TPSA) is 35.2 Å². The van der Waals surface area contributed by atoms with Crippen molar-refractivity contribution in [2.24, 2.45) is 5.73 Å². The van der Waals surface area contributed by atoms with E-state index >= 15 is 0 Å². The highest BCUT2D eigenvalue weighted by Gasteiger charge is 1.96. The van der Waals surface area contributed by atoms with E-state index in [1.807, 2.05) is 42.1 Å². The normalized spacial score (nSPS) is 10.4. The Morgan fingerprint density at radius 3 is 2.53 bits per heavy atom. The molecule has 0 saturated heterocycles. The second kappa shape index (κ2) is 7.87. The highest BCUT2D eigenvalue weighted by Crippen LogP contribution is 2.15. The van der Waals surface area contributed by atoms with E-state index in [4.69, 9.17) is 10.5 Å². The molecule has 2 aromatic carbocycles. The zero-order valence-corrected chi connectivity index (χ0v) is 11.7. The van der Waals surface area contributed by atoms with Crippen LogP contribution in [0.2, 0.25) is 0 Å². The number of rotatable bonds is 7. The van der Waals surface area contributed by atoms with E-state index in [2.05, 4.69) is 24.3 Å². The fourth-order valence-corrected chi connectivity index (χ4v) is 2.52. The van der Waals surface area contributed by atoms with Gasteiger partial charge in [-0.15, -0.1) is 0 Å². The largest absolute Gasteiger partial charge is 0.493 e. The number of ether oxygens (including phenoxy) is 1. The lowest BCUT2D eigenvalue weighted by Crippen LogP contribution is -2.02. The average Bonchev–Trinajstić information content (AvgIpc) is 2.48. The van der Waals surface area contributed by atoms with Crippen molar-refractivity contribution in [3.63, 3.8) is 0 Å². The Balaban J connectivity index is 1.66. The van der Waals surface area contributed by atoms with Gasteiger partial charge in [0.25, 0.3) is 0 Å². The molecule has 0 atom stereocenters. The van der Waals surface area contributed by atoms with Crippen molar-refractivity contribution >= 4 is 11.8 Å². The fourth-order valence-electron chi connectivity index (χ4n) is 1.74. The third kappa shape index (κ3) is 4.97. The second-order valence-corrected chi connectivity index (χ2v) is 5.34. The Labute approximate surface area is 119 Å². The van der Waals surface area contributed by atoms with Crippen molar-refractivity contribution in [2.75, 3.05) is 12.4 Å². The second-order valence-electron chi connectivity index (χ2n) is 4.24. The van der Waals surface area contributed by atoms with Gasteiger partial charge in [0, 0.05) is 18.1 Å². The van der Waals surface area contributed by atoms with Crippen LogP contribution in [0, 0.1) is 0 Å². The van der Waals surface area contributed by atoms with Gasteiger partial charge in [-0.1, -0.05) is 42.5 Å². The van der Waals surface area contributed by atoms with E-state index in [-0.39, 0.29) is 0 Å². The summed E-state index contributed by atoms with van der Waals surface area (Å²) in [6.07, 6.45) is 0. The van der Waals surface area contributed by atoms with Crippen molar-refractivity contribution in [3.05, 3.63) is 65.7 Å². The summed E-state index contributed by atoms with van der Waals surface area (Å²) < 4.78 is 5.71. The van der Waals surface area contributed by atoms with Crippen LogP contribution >= 0.6 is 11.8 Å². The molecule has 0 aliphatic rings. The van der Waals surface area contributed by atoms with Crippen molar-refractivity contribution in [2.45, 2.75) is 12.3 Å². The summed E-state index contributed by atoms with van der Waals surface area (Å²) in [6.45, 7) is 1.28. The van der Waals surface area contributed by atoms with Crippen molar-refractivity contribution in [1.82, 2.24) is 0 Å². The third-order valence-electron chi connectivity index (χ3n) is 2.74. The van der Waals surface area contributed by atoms with E-state index in [1.165, 1.54) is 5.56 Å². The summed E-state index contributed by atoms with van der Waals surface area (Å²) >= 11 is 1.89. The first-order valence-electron chi connectivity index (χ1n) is 6.42. The Hall–Kier alpha value is -1.45. The number of hydrogen-bond acceptors (Lipinski definition) is 3. The van der Waals surface area contributed by atoms with Crippen LogP contribution < -0.4 is 10.5 Å². The first-order chi connectivity index (χ1) is 9.38. The molecule has 0 heterocycles. The Kier molecular flexibility index (Phi) is 5.79. The lowest BCUT2D eigenvalue weighted by atomic mass is 10.2. The van der Waals surface area contributed by atoms with Crippen LogP contribution in [0.4, 0.5) is 0 Å². The molecule has 0 saturated carbocycles. The molecule has 0 aromatic heterocycles. The van der Waals surface area contributed by atoms with Crippen LogP contribution in [0.5, 0.6) is 5.75 Å². The van der Waals surface area contributed by atoms with Crippen LogP contribution in [0.15, 0.2) is 54.6 Å². The molecule has 0 amide bonds. The maximum Gasteiger partial charge on any atom is 0.119 e. The zero-order chi connectivity index (χ0) is 13.3. The lowest BCUT2D eigenvalue weighted by Gasteiger charge is -2.07. The molecule has 0 aliphatic carbocycles. The molecular weight excluding hydrogens is 254 g/mol. The predicted octanol–water partition coefficient (Wildman–Crippen LogP) is 3.46. The van der Waals surface area contributed by atoms with Gasteiger partial charge in [0.05, 0.1) is 6.61 Å². The number of nitrogens with two attached hydrogens (primary N) is 1. The molecule has 0 radical (unpaired) electrons. The molecule has 0 fully saturated rings. The molecule has 100 valence electrons. The highest BCUT2D eigenvalue weighted by atomic mass is 32.2. The molecule has 2 aromatic rings. The Morgan fingerprint density at radius 2 is 1.74 bits per heavy atom. The number of hydrogen-bond donors (Lipinski definition) is 1. The minimum absolute atomic E-state index is 0.556. The summed E-state index contributed by atoms with van der Waals surface area (Å²) in [7, 11) is 0. The van der Waals surface area contributed by atoms with Gasteiger partial charge in [0.2, 0.25) is 0 Å². The first-order valence-corrected chi connectivity index (χ1v) is 7.57. The van der Waals surface area contributed by atoms with Gasteiger partial charge in [-0.3, -0.25) is 0 Å². The Bertz CT molecular complexity index is 487. The molecule has 3 heteroatoms.